The van der Waals surface area contributed by atoms with Gasteiger partial charge in [-0.25, -0.2) is 8.78 Å². The quantitative estimate of drug-likeness (QED) is 0.791. The number of benzene rings is 1. The molecule has 16 heavy (non-hydrogen) atoms. The number of hydrogen-bond donors (Lipinski definition) is 1. The number of nitrogens with one attached hydrogen (secondary N) is 1. The SMILES string of the molecule is Cc1ccc(C)c2c(=O)cc(C(F)F)[nH]c12. The fourth-order valence-corrected chi connectivity index (χ4v) is 1.80. The van der Waals surface area contributed by atoms with Crippen molar-refractivity contribution in [3.63, 3.8) is 0 Å². The molecule has 1 aromatic carbocycles. The number of halogens is 2. The van der Waals surface area contributed by atoms with Crippen LogP contribution in [0.4, 0.5) is 8.78 Å². The molecule has 0 aliphatic carbocycles. The average molecular weight is 223 g/mol. The molecule has 0 aliphatic rings. The Labute approximate surface area is 90.9 Å². The Balaban J connectivity index is 2.92. The van der Waals surface area contributed by atoms with Gasteiger partial charge >= 0.3 is 0 Å². The number of H-pyrrole nitrogens is 1. The lowest BCUT2D eigenvalue weighted by atomic mass is 10.0. The summed E-state index contributed by atoms with van der Waals surface area (Å²) in [6.07, 6.45) is -2.66. The third-order valence-corrected chi connectivity index (χ3v) is 2.66. The first-order valence-corrected chi connectivity index (χ1v) is 4.92. The van der Waals surface area contributed by atoms with Crippen LogP contribution in [0.5, 0.6) is 0 Å². The normalized spacial score (nSPS) is 11.3. The molecule has 0 aliphatic heterocycles. The van der Waals surface area contributed by atoms with Crippen LogP contribution in [-0.4, -0.2) is 4.98 Å². The van der Waals surface area contributed by atoms with Gasteiger partial charge in [-0.15, -0.1) is 0 Å². The summed E-state index contributed by atoms with van der Waals surface area (Å²) in [5.74, 6) is 0. The number of pyridine rings is 1. The lowest BCUT2D eigenvalue weighted by Crippen LogP contribution is -2.07. The van der Waals surface area contributed by atoms with Crippen LogP contribution in [0.25, 0.3) is 10.9 Å². The molecular weight excluding hydrogens is 212 g/mol. The van der Waals surface area contributed by atoms with E-state index in [0.29, 0.717) is 10.9 Å². The molecule has 0 amide bonds. The number of aryl methyl sites for hydroxylation is 2. The maximum Gasteiger partial charge on any atom is 0.278 e. The van der Waals surface area contributed by atoms with Gasteiger partial charge in [-0.1, -0.05) is 12.1 Å². The molecule has 1 N–H and O–H groups in total. The van der Waals surface area contributed by atoms with E-state index in [1.54, 1.807) is 13.8 Å². The van der Waals surface area contributed by atoms with Crippen LogP contribution in [-0.2, 0) is 0 Å². The van der Waals surface area contributed by atoms with Crippen LogP contribution >= 0.6 is 0 Å². The molecule has 84 valence electrons. The van der Waals surface area contributed by atoms with E-state index in [1.807, 2.05) is 12.1 Å². The number of rotatable bonds is 1. The second-order valence-corrected chi connectivity index (χ2v) is 3.84. The van der Waals surface area contributed by atoms with Gasteiger partial charge in [0.15, 0.2) is 5.43 Å². The monoisotopic (exact) mass is 223 g/mol. The summed E-state index contributed by atoms with van der Waals surface area (Å²) in [7, 11) is 0. The highest BCUT2D eigenvalue weighted by Gasteiger charge is 2.12. The first-order valence-electron chi connectivity index (χ1n) is 4.92. The summed E-state index contributed by atoms with van der Waals surface area (Å²) >= 11 is 0. The van der Waals surface area contributed by atoms with Crippen molar-refractivity contribution in [2.24, 2.45) is 0 Å². The molecule has 4 heteroatoms. The van der Waals surface area contributed by atoms with E-state index < -0.39 is 6.43 Å². The zero-order chi connectivity index (χ0) is 11.9. The number of hydrogen-bond acceptors (Lipinski definition) is 1. The molecule has 0 bridgehead atoms. The Hall–Kier alpha value is -1.71. The first-order chi connectivity index (χ1) is 7.50. The van der Waals surface area contributed by atoms with Gasteiger partial charge in [0.05, 0.1) is 11.2 Å². The number of aromatic nitrogens is 1. The highest BCUT2D eigenvalue weighted by molar-refractivity contribution is 5.84. The summed E-state index contributed by atoms with van der Waals surface area (Å²) in [5, 5.41) is 0.490. The zero-order valence-electron chi connectivity index (χ0n) is 8.97. The van der Waals surface area contributed by atoms with Gasteiger partial charge in [0.1, 0.15) is 0 Å². The maximum absolute atomic E-state index is 12.5. The third-order valence-electron chi connectivity index (χ3n) is 2.66. The summed E-state index contributed by atoms with van der Waals surface area (Å²) < 4.78 is 25.1. The van der Waals surface area contributed by atoms with Crippen LogP contribution < -0.4 is 5.43 Å². The van der Waals surface area contributed by atoms with Crippen molar-refractivity contribution < 1.29 is 8.78 Å². The van der Waals surface area contributed by atoms with E-state index in [1.165, 1.54) is 0 Å². The molecule has 0 spiro atoms. The van der Waals surface area contributed by atoms with Gasteiger partial charge in [-0.3, -0.25) is 4.79 Å². The predicted molar refractivity (Wildman–Crippen MR) is 59.0 cm³/mol. The van der Waals surface area contributed by atoms with Crippen LogP contribution in [0.15, 0.2) is 23.0 Å². The smallest absolute Gasteiger partial charge is 0.278 e. The van der Waals surface area contributed by atoms with Gasteiger partial charge < -0.3 is 4.98 Å². The van der Waals surface area contributed by atoms with Crippen LogP contribution in [0.2, 0.25) is 0 Å². The second kappa shape index (κ2) is 3.70. The molecule has 0 saturated carbocycles. The van der Waals surface area contributed by atoms with Gasteiger partial charge in [0.2, 0.25) is 0 Å². The topological polar surface area (TPSA) is 32.9 Å². The van der Waals surface area contributed by atoms with E-state index in [0.717, 1.165) is 17.2 Å². The molecule has 0 fully saturated rings. The Morgan fingerprint density at radius 1 is 1.19 bits per heavy atom. The zero-order valence-corrected chi connectivity index (χ0v) is 8.97. The van der Waals surface area contributed by atoms with Gasteiger partial charge in [-0.05, 0) is 25.0 Å². The number of aromatic amines is 1. The minimum Gasteiger partial charge on any atom is -0.353 e. The Morgan fingerprint density at radius 2 is 1.81 bits per heavy atom. The Bertz CT molecular complexity index is 602. The minimum absolute atomic E-state index is 0.328. The van der Waals surface area contributed by atoms with E-state index in [9.17, 15) is 13.6 Å². The van der Waals surface area contributed by atoms with Gasteiger partial charge in [0, 0.05) is 11.5 Å². The summed E-state index contributed by atoms with van der Waals surface area (Å²) in [5.41, 5.74) is 1.40. The standard InChI is InChI=1S/C12H11F2NO/c1-6-3-4-7(2)11-10(6)9(16)5-8(15-11)12(13)14/h3-5,12H,1-2H3,(H,15,16). The van der Waals surface area contributed by atoms with Crippen molar-refractivity contribution >= 4 is 10.9 Å². The van der Waals surface area contributed by atoms with E-state index in [2.05, 4.69) is 4.98 Å². The minimum atomic E-state index is -2.66. The molecular formula is C12H11F2NO. The predicted octanol–water partition coefficient (Wildman–Crippen LogP) is 3.08. The summed E-state index contributed by atoms with van der Waals surface area (Å²) in [6.45, 7) is 3.58. The van der Waals surface area contributed by atoms with Crippen molar-refractivity contribution in [1.29, 1.82) is 0 Å². The number of fused-ring (bicyclic) bond motifs is 1. The van der Waals surface area contributed by atoms with E-state index >= 15 is 0 Å². The van der Waals surface area contributed by atoms with E-state index in [-0.39, 0.29) is 11.1 Å². The largest absolute Gasteiger partial charge is 0.353 e. The molecule has 1 aromatic heterocycles. The lowest BCUT2D eigenvalue weighted by molar-refractivity contribution is 0.146. The van der Waals surface area contributed by atoms with Crippen molar-refractivity contribution in [3.05, 3.63) is 45.2 Å². The molecule has 2 rings (SSSR count). The molecule has 0 radical (unpaired) electrons. The third kappa shape index (κ3) is 1.60. The Kier molecular flexibility index (Phi) is 2.50. The number of alkyl halides is 2. The molecule has 0 atom stereocenters. The lowest BCUT2D eigenvalue weighted by Gasteiger charge is -2.07. The fourth-order valence-electron chi connectivity index (χ4n) is 1.80. The summed E-state index contributed by atoms with van der Waals surface area (Å²) in [4.78, 5) is 14.3. The maximum atomic E-state index is 12.5. The van der Waals surface area contributed by atoms with Gasteiger partial charge in [0.25, 0.3) is 6.43 Å². The highest BCUT2D eigenvalue weighted by atomic mass is 19.3. The van der Waals surface area contributed by atoms with Crippen LogP contribution in [0, 0.1) is 13.8 Å². The Morgan fingerprint density at radius 3 is 2.44 bits per heavy atom. The molecule has 2 nitrogen and oxygen atoms in total. The first kappa shape index (κ1) is 10.8. The second-order valence-electron chi connectivity index (χ2n) is 3.84. The van der Waals surface area contributed by atoms with Crippen molar-refractivity contribution in [2.45, 2.75) is 20.3 Å². The molecule has 0 unspecified atom stereocenters. The van der Waals surface area contributed by atoms with Crippen LogP contribution in [0.3, 0.4) is 0 Å². The molecule has 0 saturated heterocycles. The van der Waals surface area contributed by atoms with Crippen molar-refractivity contribution in [1.82, 2.24) is 4.98 Å². The van der Waals surface area contributed by atoms with Gasteiger partial charge in [-0.2, -0.15) is 0 Å². The molecule has 2 aromatic rings. The summed E-state index contributed by atoms with van der Waals surface area (Å²) in [6, 6.07) is 4.59. The fraction of sp³-hybridized carbons (Fsp3) is 0.250. The molecule has 1 heterocycles. The highest BCUT2D eigenvalue weighted by Crippen LogP contribution is 2.21. The van der Waals surface area contributed by atoms with Crippen molar-refractivity contribution in [2.75, 3.05) is 0 Å². The van der Waals surface area contributed by atoms with Crippen LogP contribution in [0.1, 0.15) is 23.2 Å². The van der Waals surface area contributed by atoms with E-state index in [4.69, 9.17) is 0 Å². The van der Waals surface area contributed by atoms with Crippen molar-refractivity contribution in [3.8, 4) is 0 Å². The average Bonchev–Trinajstić information content (AvgIpc) is 2.22.